The van der Waals surface area contributed by atoms with Crippen molar-refractivity contribution in [1.82, 2.24) is 10.0 Å². The summed E-state index contributed by atoms with van der Waals surface area (Å²) in [5.41, 5.74) is 0. The lowest BCUT2D eigenvalue weighted by atomic mass is 9.95. The molecule has 2 N–H and O–H groups in total. The van der Waals surface area contributed by atoms with Crippen LogP contribution in [0.25, 0.3) is 0 Å². The van der Waals surface area contributed by atoms with Gasteiger partial charge in [-0.05, 0) is 43.0 Å². The van der Waals surface area contributed by atoms with Crippen LogP contribution < -0.4 is 10.0 Å². The lowest BCUT2D eigenvalue weighted by Crippen LogP contribution is -2.46. The molecule has 1 fully saturated rings. The van der Waals surface area contributed by atoms with Gasteiger partial charge >= 0.3 is 5.97 Å². The third-order valence-corrected chi connectivity index (χ3v) is 6.35. The van der Waals surface area contributed by atoms with Gasteiger partial charge in [-0.25, -0.2) is 8.42 Å². The van der Waals surface area contributed by atoms with Gasteiger partial charge in [-0.2, -0.15) is 4.72 Å². The van der Waals surface area contributed by atoms with Crippen molar-refractivity contribution in [2.75, 3.05) is 6.61 Å². The van der Waals surface area contributed by atoms with E-state index >= 15 is 0 Å². The summed E-state index contributed by atoms with van der Waals surface area (Å²) in [4.78, 5) is 24.4. The number of hydrogen-bond donors (Lipinski definition) is 2. The maximum absolute atomic E-state index is 12.5. The van der Waals surface area contributed by atoms with E-state index in [-0.39, 0.29) is 22.8 Å². The summed E-state index contributed by atoms with van der Waals surface area (Å²) in [5, 5.41) is 3.26. The Balaban J connectivity index is 1.93. The van der Waals surface area contributed by atoms with Gasteiger partial charge in [0.25, 0.3) is 5.91 Å². The molecule has 9 heteroatoms. The van der Waals surface area contributed by atoms with Gasteiger partial charge in [0, 0.05) is 11.1 Å². The van der Waals surface area contributed by atoms with Crippen LogP contribution in [0.1, 0.15) is 46.0 Å². The van der Waals surface area contributed by atoms with Crippen molar-refractivity contribution in [3.63, 3.8) is 0 Å². The molecule has 28 heavy (non-hydrogen) atoms. The van der Waals surface area contributed by atoms with Gasteiger partial charge in [0.15, 0.2) is 6.61 Å². The fourth-order valence-electron chi connectivity index (χ4n) is 3.05. The Kier molecular flexibility index (Phi) is 8.27. The Morgan fingerprint density at radius 1 is 1.14 bits per heavy atom. The summed E-state index contributed by atoms with van der Waals surface area (Å²) in [6.07, 6.45) is 5.18. The van der Waals surface area contributed by atoms with E-state index in [1.165, 1.54) is 30.7 Å². The highest BCUT2D eigenvalue weighted by Gasteiger charge is 2.30. The average molecular weight is 431 g/mol. The SMILES string of the molecule is CC(C)C(NS(=O)(=O)c1ccc(Cl)cc1)C(=O)OCC(=O)NC1CCCCC1. The van der Waals surface area contributed by atoms with E-state index in [4.69, 9.17) is 16.3 Å². The van der Waals surface area contributed by atoms with Crippen LogP contribution in [0, 0.1) is 5.92 Å². The van der Waals surface area contributed by atoms with Crippen LogP contribution in [-0.4, -0.2) is 39.0 Å². The maximum atomic E-state index is 12.5. The summed E-state index contributed by atoms with van der Waals surface area (Å²) in [6.45, 7) is 2.96. The summed E-state index contributed by atoms with van der Waals surface area (Å²) < 4.78 is 32.5. The molecule has 2 rings (SSSR count). The fourth-order valence-corrected chi connectivity index (χ4v) is 4.51. The second kappa shape index (κ2) is 10.2. The second-order valence-electron chi connectivity index (χ2n) is 7.31. The van der Waals surface area contributed by atoms with E-state index in [2.05, 4.69) is 10.0 Å². The topological polar surface area (TPSA) is 102 Å². The highest BCUT2D eigenvalue weighted by atomic mass is 35.5. The van der Waals surface area contributed by atoms with Crippen molar-refractivity contribution >= 4 is 33.5 Å². The molecule has 1 atom stereocenters. The van der Waals surface area contributed by atoms with Crippen LogP contribution >= 0.6 is 11.6 Å². The molecular formula is C19H27ClN2O5S. The Hall–Kier alpha value is -1.64. The number of nitrogens with one attached hydrogen (secondary N) is 2. The van der Waals surface area contributed by atoms with Crippen molar-refractivity contribution in [1.29, 1.82) is 0 Å². The zero-order chi connectivity index (χ0) is 20.7. The molecule has 0 radical (unpaired) electrons. The Bertz CT molecular complexity index is 774. The van der Waals surface area contributed by atoms with Crippen molar-refractivity contribution in [3.05, 3.63) is 29.3 Å². The normalized spacial score (nSPS) is 16.6. The van der Waals surface area contributed by atoms with Gasteiger partial charge in [0.2, 0.25) is 10.0 Å². The first-order chi connectivity index (χ1) is 13.2. The molecular weight excluding hydrogens is 404 g/mol. The molecule has 156 valence electrons. The number of hydrogen-bond acceptors (Lipinski definition) is 5. The minimum atomic E-state index is -3.94. The van der Waals surface area contributed by atoms with E-state index in [1.54, 1.807) is 13.8 Å². The van der Waals surface area contributed by atoms with Crippen LogP contribution in [0.2, 0.25) is 5.02 Å². The lowest BCUT2D eigenvalue weighted by molar-refractivity contribution is -0.151. The highest BCUT2D eigenvalue weighted by Crippen LogP contribution is 2.18. The number of amides is 1. The van der Waals surface area contributed by atoms with E-state index in [0.29, 0.717) is 5.02 Å². The fraction of sp³-hybridized carbons (Fsp3) is 0.579. The van der Waals surface area contributed by atoms with Crippen LogP contribution in [0.3, 0.4) is 0 Å². The highest BCUT2D eigenvalue weighted by molar-refractivity contribution is 7.89. The maximum Gasteiger partial charge on any atom is 0.324 e. The summed E-state index contributed by atoms with van der Waals surface area (Å²) >= 11 is 5.78. The Labute approximate surface area is 171 Å². The molecule has 1 amide bonds. The lowest BCUT2D eigenvalue weighted by Gasteiger charge is -2.23. The number of benzene rings is 1. The van der Waals surface area contributed by atoms with E-state index in [0.717, 1.165) is 25.7 Å². The number of esters is 1. The molecule has 1 unspecified atom stereocenters. The number of halogens is 1. The summed E-state index contributed by atoms with van der Waals surface area (Å²) in [6, 6.07) is 4.62. The van der Waals surface area contributed by atoms with Gasteiger partial charge in [0.1, 0.15) is 6.04 Å². The summed E-state index contributed by atoms with van der Waals surface area (Å²) in [7, 11) is -3.94. The van der Waals surface area contributed by atoms with Gasteiger partial charge in [0.05, 0.1) is 4.90 Å². The monoisotopic (exact) mass is 430 g/mol. The van der Waals surface area contributed by atoms with Crippen molar-refractivity contribution in [2.24, 2.45) is 5.92 Å². The number of carbonyl (C=O) groups is 2. The number of ether oxygens (including phenoxy) is 1. The van der Waals surface area contributed by atoms with Crippen LogP contribution in [0.15, 0.2) is 29.2 Å². The second-order valence-corrected chi connectivity index (χ2v) is 9.46. The van der Waals surface area contributed by atoms with Crippen molar-refractivity contribution in [3.8, 4) is 0 Å². The average Bonchev–Trinajstić information content (AvgIpc) is 2.65. The summed E-state index contributed by atoms with van der Waals surface area (Å²) in [5.74, 6) is -1.52. The molecule has 0 spiro atoms. The number of rotatable bonds is 8. The quantitative estimate of drug-likeness (QED) is 0.617. The molecule has 7 nitrogen and oxygen atoms in total. The predicted molar refractivity (Wildman–Crippen MR) is 106 cm³/mol. The minimum Gasteiger partial charge on any atom is -0.454 e. The molecule has 0 aliphatic heterocycles. The van der Waals surface area contributed by atoms with Gasteiger partial charge in [-0.3, -0.25) is 9.59 Å². The zero-order valence-electron chi connectivity index (χ0n) is 16.1. The standard InChI is InChI=1S/C19H27ClN2O5S/c1-13(2)18(22-28(25,26)16-10-8-14(20)9-11-16)19(24)27-12-17(23)21-15-6-4-3-5-7-15/h8-11,13,15,18,22H,3-7,12H2,1-2H3,(H,21,23). The third kappa shape index (κ3) is 6.76. The number of sulfonamides is 1. The van der Waals surface area contributed by atoms with Gasteiger partial charge in [-0.1, -0.05) is 44.7 Å². The van der Waals surface area contributed by atoms with Gasteiger partial charge < -0.3 is 10.1 Å². The molecule has 0 bridgehead atoms. The minimum absolute atomic E-state index is 0.00890. The first-order valence-electron chi connectivity index (χ1n) is 9.43. The van der Waals surface area contributed by atoms with Crippen LogP contribution in [-0.2, 0) is 24.3 Å². The Morgan fingerprint density at radius 3 is 2.32 bits per heavy atom. The molecule has 1 aromatic rings. The van der Waals surface area contributed by atoms with Gasteiger partial charge in [-0.15, -0.1) is 0 Å². The van der Waals surface area contributed by atoms with Crippen LogP contribution in [0.4, 0.5) is 0 Å². The molecule has 1 saturated carbocycles. The van der Waals surface area contributed by atoms with E-state index in [1.807, 2.05) is 0 Å². The molecule has 1 aromatic carbocycles. The Morgan fingerprint density at radius 2 is 1.75 bits per heavy atom. The molecule has 0 aromatic heterocycles. The first-order valence-corrected chi connectivity index (χ1v) is 11.3. The van der Waals surface area contributed by atoms with Crippen LogP contribution in [0.5, 0.6) is 0 Å². The molecule has 0 saturated heterocycles. The smallest absolute Gasteiger partial charge is 0.324 e. The van der Waals surface area contributed by atoms with E-state index in [9.17, 15) is 18.0 Å². The molecule has 0 heterocycles. The van der Waals surface area contributed by atoms with E-state index < -0.39 is 28.6 Å². The third-order valence-electron chi connectivity index (χ3n) is 4.64. The largest absolute Gasteiger partial charge is 0.454 e. The van der Waals surface area contributed by atoms with Crippen molar-refractivity contribution in [2.45, 2.75) is 62.9 Å². The molecule has 1 aliphatic rings. The number of carbonyl (C=O) groups excluding carboxylic acids is 2. The first kappa shape index (κ1) is 22.6. The molecule has 1 aliphatic carbocycles. The zero-order valence-corrected chi connectivity index (χ0v) is 17.7. The predicted octanol–water partition coefficient (Wildman–Crippen LogP) is 2.64. The van der Waals surface area contributed by atoms with Crippen molar-refractivity contribution < 1.29 is 22.7 Å².